The van der Waals surface area contributed by atoms with Crippen LogP contribution in [0.4, 0.5) is 0 Å². The first-order chi connectivity index (χ1) is 8.36. The zero-order valence-electron chi connectivity index (χ0n) is 11.6. The summed E-state index contributed by atoms with van der Waals surface area (Å²) in [6, 6.07) is -0.316. The fraction of sp³-hybridized carbons (Fsp3) is 0.909. The van der Waals surface area contributed by atoms with Crippen molar-refractivity contribution in [3.63, 3.8) is 0 Å². The molecular weight excluding hydrogens is 256 g/mol. The van der Waals surface area contributed by atoms with Gasteiger partial charge in [-0.3, -0.25) is 4.79 Å². The van der Waals surface area contributed by atoms with Crippen LogP contribution in [-0.2, 0) is 19.6 Å². The van der Waals surface area contributed by atoms with Gasteiger partial charge in [-0.2, -0.15) is 0 Å². The predicted octanol–water partition coefficient (Wildman–Crippen LogP) is 0.199. The van der Waals surface area contributed by atoms with E-state index in [0.29, 0.717) is 32.5 Å². The molecule has 0 saturated heterocycles. The number of hydrogen-bond donors (Lipinski definition) is 1. The SMILES string of the molecule is CCC(NCCCN(CC)S(C)(=O)=O)C(=O)OC. The Kier molecular flexibility index (Phi) is 8.13. The van der Waals surface area contributed by atoms with Crippen molar-refractivity contribution in [1.29, 1.82) is 0 Å². The smallest absolute Gasteiger partial charge is 0.322 e. The molecule has 0 aliphatic heterocycles. The van der Waals surface area contributed by atoms with Crippen LogP contribution in [0.3, 0.4) is 0 Å². The second kappa shape index (κ2) is 8.44. The number of hydrogen-bond acceptors (Lipinski definition) is 5. The molecule has 0 bridgehead atoms. The number of carbonyl (C=O) groups excluding carboxylic acids is 1. The Labute approximate surface area is 110 Å². The Hall–Kier alpha value is -0.660. The van der Waals surface area contributed by atoms with Gasteiger partial charge >= 0.3 is 5.97 Å². The molecule has 0 aromatic heterocycles. The monoisotopic (exact) mass is 280 g/mol. The van der Waals surface area contributed by atoms with Crippen LogP contribution in [0.15, 0.2) is 0 Å². The number of nitrogens with zero attached hydrogens (tertiary/aromatic N) is 1. The van der Waals surface area contributed by atoms with Gasteiger partial charge in [-0.15, -0.1) is 0 Å². The molecule has 0 radical (unpaired) electrons. The third kappa shape index (κ3) is 6.32. The highest BCUT2D eigenvalue weighted by atomic mass is 32.2. The van der Waals surface area contributed by atoms with Crippen molar-refractivity contribution < 1.29 is 17.9 Å². The molecule has 0 heterocycles. The fourth-order valence-corrected chi connectivity index (χ4v) is 2.56. The van der Waals surface area contributed by atoms with Gasteiger partial charge in [0.05, 0.1) is 13.4 Å². The number of rotatable bonds is 9. The lowest BCUT2D eigenvalue weighted by Crippen LogP contribution is -2.39. The summed E-state index contributed by atoms with van der Waals surface area (Å²) in [4.78, 5) is 11.3. The van der Waals surface area contributed by atoms with E-state index < -0.39 is 10.0 Å². The molecule has 18 heavy (non-hydrogen) atoms. The Morgan fingerprint density at radius 3 is 2.39 bits per heavy atom. The van der Waals surface area contributed by atoms with Crippen molar-refractivity contribution in [2.45, 2.75) is 32.7 Å². The average Bonchev–Trinajstić information content (AvgIpc) is 2.31. The zero-order chi connectivity index (χ0) is 14.2. The van der Waals surface area contributed by atoms with Crippen molar-refractivity contribution in [3.8, 4) is 0 Å². The highest BCUT2D eigenvalue weighted by molar-refractivity contribution is 7.88. The first-order valence-corrected chi connectivity index (χ1v) is 7.97. The summed E-state index contributed by atoms with van der Waals surface area (Å²) in [6.07, 6.45) is 2.51. The summed E-state index contributed by atoms with van der Waals surface area (Å²) in [7, 11) is -1.77. The standard InChI is InChI=1S/C11H24N2O4S/c1-5-10(11(14)17-3)12-8-7-9-13(6-2)18(4,15)16/h10,12H,5-9H2,1-4H3. The summed E-state index contributed by atoms with van der Waals surface area (Å²) in [5.74, 6) is -0.284. The van der Waals surface area contributed by atoms with Crippen molar-refractivity contribution in [2.24, 2.45) is 0 Å². The summed E-state index contributed by atoms with van der Waals surface area (Å²) < 4.78 is 28.7. The van der Waals surface area contributed by atoms with Crippen LogP contribution in [0.5, 0.6) is 0 Å². The van der Waals surface area contributed by atoms with Crippen LogP contribution < -0.4 is 5.32 Å². The van der Waals surface area contributed by atoms with E-state index in [1.54, 1.807) is 6.92 Å². The van der Waals surface area contributed by atoms with Crippen molar-refractivity contribution >= 4 is 16.0 Å². The lowest BCUT2D eigenvalue weighted by molar-refractivity contribution is -0.143. The summed E-state index contributed by atoms with van der Waals surface area (Å²) in [6.45, 7) is 5.20. The van der Waals surface area contributed by atoms with E-state index in [2.05, 4.69) is 10.1 Å². The Balaban J connectivity index is 4.01. The second-order valence-corrected chi connectivity index (χ2v) is 6.03. The molecule has 108 valence electrons. The molecule has 0 amide bonds. The molecule has 0 aromatic rings. The molecule has 0 spiro atoms. The highest BCUT2D eigenvalue weighted by Gasteiger charge is 2.17. The van der Waals surface area contributed by atoms with Gasteiger partial charge in [0.25, 0.3) is 0 Å². The third-order valence-corrected chi connectivity index (χ3v) is 4.07. The maximum Gasteiger partial charge on any atom is 0.322 e. The Morgan fingerprint density at radius 1 is 1.39 bits per heavy atom. The molecule has 0 aliphatic rings. The number of methoxy groups -OCH3 is 1. The van der Waals surface area contributed by atoms with Gasteiger partial charge in [0.15, 0.2) is 0 Å². The van der Waals surface area contributed by atoms with Gasteiger partial charge in [0.1, 0.15) is 6.04 Å². The quantitative estimate of drug-likeness (QED) is 0.482. The summed E-state index contributed by atoms with van der Waals surface area (Å²) >= 11 is 0. The minimum absolute atomic E-state index is 0.284. The lowest BCUT2D eigenvalue weighted by Gasteiger charge is -2.19. The maximum atomic E-state index is 11.3. The van der Waals surface area contributed by atoms with Crippen LogP contribution in [0, 0.1) is 0 Å². The van der Waals surface area contributed by atoms with Crippen LogP contribution in [0.2, 0.25) is 0 Å². The predicted molar refractivity (Wildman–Crippen MR) is 70.8 cm³/mol. The van der Waals surface area contributed by atoms with Crippen LogP contribution in [0.25, 0.3) is 0 Å². The molecule has 6 nitrogen and oxygen atoms in total. The van der Waals surface area contributed by atoms with Gasteiger partial charge in [-0.25, -0.2) is 12.7 Å². The van der Waals surface area contributed by atoms with E-state index in [9.17, 15) is 13.2 Å². The first kappa shape index (κ1) is 17.3. The van der Waals surface area contributed by atoms with E-state index >= 15 is 0 Å². The topological polar surface area (TPSA) is 75.7 Å². The zero-order valence-corrected chi connectivity index (χ0v) is 12.4. The van der Waals surface area contributed by atoms with E-state index in [1.807, 2.05) is 6.92 Å². The Morgan fingerprint density at radius 2 is 2.00 bits per heavy atom. The lowest BCUT2D eigenvalue weighted by atomic mass is 10.2. The second-order valence-electron chi connectivity index (χ2n) is 4.05. The van der Waals surface area contributed by atoms with E-state index in [4.69, 9.17) is 0 Å². The number of sulfonamides is 1. The summed E-state index contributed by atoms with van der Waals surface area (Å²) in [5, 5.41) is 3.05. The molecule has 1 N–H and O–H groups in total. The number of nitrogens with one attached hydrogen (secondary N) is 1. The fourth-order valence-electron chi connectivity index (χ4n) is 1.63. The first-order valence-electron chi connectivity index (χ1n) is 6.13. The molecule has 1 unspecified atom stereocenters. The minimum Gasteiger partial charge on any atom is -0.468 e. The maximum absolute atomic E-state index is 11.3. The van der Waals surface area contributed by atoms with Gasteiger partial charge in [-0.1, -0.05) is 13.8 Å². The molecular formula is C11H24N2O4S. The molecule has 0 fully saturated rings. The summed E-state index contributed by atoms with van der Waals surface area (Å²) in [5.41, 5.74) is 0. The van der Waals surface area contributed by atoms with E-state index in [1.165, 1.54) is 17.7 Å². The number of esters is 1. The van der Waals surface area contributed by atoms with Crippen molar-refractivity contribution in [2.75, 3.05) is 33.0 Å². The molecule has 0 saturated carbocycles. The molecule has 0 aliphatic carbocycles. The highest BCUT2D eigenvalue weighted by Crippen LogP contribution is 1.99. The molecule has 0 aromatic carbocycles. The van der Waals surface area contributed by atoms with Crippen LogP contribution in [-0.4, -0.2) is 57.7 Å². The molecule has 0 rings (SSSR count). The number of ether oxygens (including phenoxy) is 1. The van der Waals surface area contributed by atoms with Crippen molar-refractivity contribution in [1.82, 2.24) is 9.62 Å². The van der Waals surface area contributed by atoms with Crippen LogP contribution >= 0.6 is 0 Å². The van der Waals surface area contributed by atoms with E-state index in [0.717, 1.165) is 0 Å². The van der Waals surface area contributed by atoms with Gasteiger partial charge < -0.3 is 10.1 Å². The average molecular weight is 280 g/mol. The normalized spacial score (nSPS) is 13.6. The van der Waals surface area contributed by atoms with Gasteiger partial charge in [-0.05, 0) is 19.4 Å². The van der Waals surface area contributed by atoms with Crippen molar-refractivity contribution in [3.05, 3.63) is 0 Å². The Bertz CT molecular complexity index is 343. The van der Waals surface area contributed by atoms with Crippen LogP contribution in [0.1, 0.15) is 26.7 Å². The molecule has 1 atom stereocenters. The minimum atomic E-state index is -3.13. The molecule has 7 heteroatoms. The van der Waals surface area contributed by atoms with E-state index in [-0.39, 0.29) is 12.0 Å². The largest absolute Gasteiger partial charge is 0.468 e. The number of carbonyl (C=O) groups is 1. The van der Waals surface area contributed by atoms with Gasteiger partial charge in [0, 0.05) is 13.1 Å². The third-order valence-electron chi connectivity index (χ3n) is 2.69. The van der Waals surface area contributed by atoms with Gasteiger partial charge in [0.2, 0.25) is 10.0 Å².